The molecule has 0 aromatic rings. The van der Waals surface area contributed by atoms with Crippen LogP contribution in [0.5, 0.6) is 0 Å². The van der Waals surface area contributed by atoms with E-state index in [1.807, 2.05) is 6.92 Å². The molecule has 0 saturated heterocycles. The van der Waals surface area contributed by atoms with Gasteiger partial charge in [-0.2, -0.15) is 0 Å². The second-order valence-corrected chi connectivity index (χ2v) is 5.47. The van der Waals surface area contributed by atoms with Gasteiger partial charge in [0.2, 0.25) is 0 Å². The van der Waals surface area contributed by atoms with Crippen molar-refractivity contribution >= 4 is 0 Å². The van der Waals surface area contributed by atoms with Gasteiger partial charge in [-0.1, -0.05) is 19.3 Å². The molecule has 0 spiro atoms. The zero-order valence-corrected chi connectivity index (χ0v) is 9.26. The van der Waals surface area contributed by atoms with Crippen LogP contribution in [0.15, 0.2) is 0 Å². The van der Waals surface area contributed by atoms with Crippen LogP contribution in [0.1, 0.15) is 51.9 Å². The molecule has 2 saturated carbocycles. The molecule has 2 fully saturated rings. The van der Waals surface area contributed by atoms with Gasteiger partial charge in [-0.25, -0.2) is 0 Å². The van der Waals surface area contributed by atoms with Gasteiger partial charge in [0.05, 0.1) is 5.60 Å². The quantitative estimate of drug-likeness (QED) is 0.727. The average Bonchev–Trinajstić information content (AvgIpc) is 3.02. The fraction of sp³-hybridized carbons (Fsp3) is 1.00. The van der Waals surface area contributed by atoms with Crippen LogP contribution in [-0.2, 0) is 0 Å². The van der Waals surface area contributed by atoms with Crippen LogP contribution in [0.2, 0.25) is 0 Å². The van der Waals surface area contributed by atoms with E-state index in [4.69, 9.17) is 5.73 Å². The van der Waals surface area contributed by atoms with Crippen molar-refractivity contribution in [2.75, 3.05) is 6.54 Å². The van der Waals surface area contributed by atoms with Crippen LogP contribution in [0, 0.1) is 11.3 Å². The Morgan fingerprint density at radius 2 is 1.86 bits per heavy atom. The lowest BCUT2D eigenvalue weighted by Crippen LogP contribution is -2.53. The van der Waals surface area contributed by atoms with E-state index < -0.39 is 5.60 Å². The first-order chi connectivity index (χ1) is 6.62. The first-order valence-corrected chi connectivity index (χ1v) is 6.05. The highest BCUT2D eigenvalue weighted by molar-refractivity contribution is 5.05. The maximum absolute atomic E-state index is 10.6. The molecule has 0 aromatic carbocycles. The lowest BCUT2D eigenvalue weighted by atomic mass is 9.62. The molecule has 0 aliphatic heterocycles. The predicted octanol–water partition coefficient (Wildman–Crippen LogP) is 2.06. The van der Waals surface area contributed by atoms with Crippen molar-refractivity contribution < 1.29 is 5.11 Å². The highest BCUT2D eigenvalue weighted by Crippen LogP contribution is 2.54. The summed E-state index contributed by atoms with van der Waals surface area (Å²) in [5.41, 5.74) is 5.47. The fourth-order valence-electron chi connectivity index (χ4n) is 3.22. The Morgan fingerprint density at radius 3 is 2.29 bits per heavy atom. The SMILES string of the molecule is CC(O)(C1CC1)C1(CN)CCCCC1. The third-order valence-electron chi connectivity index (χ3n) is 4.65. The molecule has 2 nitrogen and oxygen atoms in total. The van der Waals surface area contributed by atoms with Crippen molar-refractivity contribution in [2.24, 2.45) is 17.1 Å². The summed E-state index contributed by atoms with van der Waals surface area (Å²) in [5.74, 6) is 0.532. The summed E-state index contributed by atoms with van der Waals surface area (Å²) in [4.78, 5) is 0. The Kier molecular flexibility index (Phi) is 2.61. The molecule has 0 radical (unpaired) electrons. The molecule has 0 heterocycles. The number of hydrogen-bond acceptors (Lipinski definition) is 2. The van der Waals surface area contributed by atoms with Gasteiger partial charge >= 0.3 is 0 Å². The Morgan fingerprint density at radius 1 is 1.29 bits per heavy atom. The molecule has 82 valence electrons. The second kappa shape index (κ2) is 3.49. The Balaban J connectivity index is 2.16. The van der Waals surface area contributed by atoms with Crippen molar-refractivity contribution in [1.82, 2.24) is 0 Å². The molecule has 0 amide bonds. The molecule has 1 atom stereocenters. The Bertz CT molecular complexity index is 202. The molecule has 1 unspecified atom stereocenters. The van der Waals surface area contributed by atoms with Crippen molar-refractivity contribution in [3.05, 3.63) is 0 Å². The zero-order valence-electron chi connectivity index (χ0n) is 9.26. The summed E-state index contributed by atoms with van der Waals surface area (Å²) >= 11 is 0. The largest absolute Gasteiger partial charge is 0.389 e. The summed E-state index contributed by atoms with van der Waals surface area (Å²) in [6, 6.07) is 0. The summed E-state index contributed by atoms with van der Waals surface area (Å²) < 4.78 is 0. The maximum atomic E-state index is 10.6. The zero-order chi connectivity index (χ0) is 10.2. The van der Waals surface area contributed by atoms with Gasteiger partial charge in [0.1, 0.15) is 0 Å². The smallest absolute Gasteiger partial charge is 0.0715 e. The topological polar surface area (TPSA) is 46.2 Å². The van der Waals surface area contributed by atoms with Gasteiger partial charge < -0.3 is 10.8 Å². The predicted molar refractivity (Wildman–Crippen MR) is 57.9 cm³/mol. The molecule has 0 aromatic heterocycles. The van der Waals surface area contributed by atoms with E-state index in [1.165, 1.54) is 32.1 Å². The summed E-state index contributed by atoms with van der Waals surface area (Å²) in [5, 5.41) is 10.6. The standard InChI is InChI=1S/C12H23NO/c1-11(14,10-5-6-10)12(9-13)7-3-2-4-8-12/h10,14H,2-9,13H2,1H3. The molecule has 2 aliphatic carbocycles. The molecular weight excluding hydrogens is 174 g/mol. The van der Waals surface area contributed by atoms with Crippen LogP contribution in [-0.4, -0.2) is 17.3 Å². The van der Waals surface area contributed by atoms with E-state index in [1.54, 1.807) is 0 Å². The maximum Gasteiger partial charge on any atom is 0.0715 e. The molecule has 14 heavy (non-hydrogen) atoms. The molecule has 2 aliphatic rings. The number of rotatable bonds is 3. The summed E-state index contributed by atoms with van der Waals surface area (Å²) in [6.07, 6.45) is 8.49. The fourth-order valence-corrected chi connectivity index (χ4v) is 3.22. The van der Waals surface area contributed by atoms with Gasteiger partial charge in [0, 0.05) is 12.0 Å². The first-order valence-electron chi connectivity index (χ1n) is 6.05. The van der Waals surface area contributed by atoms with Gasteiger partial charge in [0.15, 0.2) is 0 Å². The lowest BCUT2D eigenvalue weighted by molar-refractivity contribution is -0.101. The van der Waals surface area contributed by atoms with Crippen molar-refractivity contribution in [3.8, 4) is 0 Å². The van der Waals surface area contributed by atoms with Gasteiger partial charge in [0.25, 0.3) is 0 Å². The summed E-state index contributed by atoms with van der Waals surface area (Å²) in [6.45, 7) is 2.69. The van der Waals surface area contributed by atoms with Crippen LogP contribution in [0.3, 0.4) is 0 Å². The summed E-state index contributed by atoms with van der Waals surface area (Å²) in [7, 11) is 0. The van der Waals surface area contributed by atoms with Crippen LogP contribution in [0.4, 0.5) is 0 Å². The first kappa shape index (κ1) is 10.4. The minimum atomic E-state index is -0.498. The normalized spacial score (nSPS) is 31.1. The minimum absolute atomic E-state index is 0.0341. The van der Waals surface area contributed by atoms with Crippen LogP contribution >= 0.6 is 0 Å². The third kappa shape index (κ3) is 1.49. The van der Waals surface area contributed by atoms with Gasteiger partial charge in [-0.15, -0.1) is 0 Å². The highest BCUT2D eigenvalue weighted by atomic mass is 16.3. The van der Waals surface area contributed by atoms with Gasteiger partial charge in [-0.3, -0.25) is 0 Å². The van der Waals surface area contributed by atoms with Crippen molar-refractivity contribution in [2.45, 2.75) is 57.5 Å². The number of hydrogen-bond donors (Lipinski definition) is 2. The van der Waals surface area contributed by atoms with Gasteiger partial charge in [-0.05, 0) is 38.5 Å². The van der Waals surface area contributed by atoms with E-state index >= 15 is 0 Å². The van der Waals surface area contributed by atoms with E-state index in [-0.39, 0.29) is 5.41 Å². The third-order valence-corrected chi connectivity index (χ3v) is 4.65. The second-order valence-electron chi connectivity index (χ2n) is 5.47. The van der Waals surface area contributed by atoms with E-state index in [0.717, 1.165) is 12.8 Å². The number of nitrogens with two attached hydrogens (primary N) is 1. The monoisotopic (exact) mass is 197 g/mol. The van der Waals surface area contributed by atoms with E-state index in [9.17, 15) is 5.11 Å². The molecule has 3 N–H and O–H groups in total. The molecular formula is C12H23NO. The lowest BCUT2D eigenvalue weighted by Gasteiger charge is -2.48. The van der Waals surface area contributed by atoms with Crippen molar-refractivity contribution in [1.29, 1.82) is 0 Å². The van der Waals surface area contributed by atoms with Crippen molar-refractivity contribution in [3.63, 3.8) is 0 Å². The Hall–Kier alpha value is -0.0800. The molecule has 2 rings (SSSR count). The highest BCUT2D eigenvalue weighted by Gasteiger charge is 2.54. The van der Waals surface area contributed by atoms with E-state index in [0.29, 0.717) is 12.5 Å². The molecule has 0 bridgehead atoms. The average molecular weight is 197 g/mol. The number of aliphatic hydroxyl groups is 1. The van der Waals surface area contributed by atoms with E-state index in [2.05, 4.69) is 0 Å². The molecule has 2 heteroatoms. The van der Waals surface area contributed by atoms with Crippen LogP contribution < -0.4 is 5.73 Å². The Labute approximate surface area is 86.9 Å². The minimum Gasteiger partial charge on any atom is -0.389 e. The van der Waals surface area contributed by atoms with Crippen LogP contribution in [0.25, 0.3) is 0 Å².